The molecule has 0 aliphatic heterocycles. The molecule has 4 heteroatoms. The zero-order chi connectivity index (χ0) is 15.7. The van der Waals surface area contributed by atoms with Gasteiger partial charge in [0.2, 0.25) is 5.91 Å². The predicted molar refractivity (Wildman–Crippen MR) is 81.7 cm³/mol. The van der Waals surface area contributed by atoms with Crippen LogP contribution in [0.25, 0.3) is 0 Å². The number of nitrogens with one attached hydrogen (secondary N) is 1. The van der Waals surface area contributed by atoms with E-state index in [9.17, 15) is 9.59 Å². The van der Waals surface area contributed by atoms with Crippen LogP contribution in [-0.4, -0.2) is 19.0 Å². The van der Waals surface area contributed by atoms with Gasteiger partial charge in [0.05, 0.1) is 12.5 Å². The summed E-state index contributed by atoms with van der Waals surface area (Å²) >= 11 is 0. The maximum atomic E-state index is 12.6. The van der Waals surface area contributed by atoms with Crippen LogP contribution in [0.4, 0.5) is 5.69 Å². The lowest BCUT2D eigenvalue weighted by molar-refractivity contribution is -0.158. The minimum absolute atomic E-state index is 0.0289. The Morgan fingerprint density at radius 1 is 1.19 bits per heavy atom. The number of methoxy groups -OCH3 is 1. The van der Waals surface area contributed by atoms with Crippen molar-refractivity contribution in [1.29, 1.82) is 0 Å². The number of para-hydroxylation sites is 1. The Morgan fingerprint density at radius 2 is 1.81 bits per heavy atom. The van der Waals surface area contributed by atoms with Gasteiger partial charge < -0.3 is 10.1 Å². The molecule has 1 amide bonds. The molecular formula is C17H23NO3. The second-order valence-corrected chi connectivity index (χ2v) is 6.49. The fourth-order valence-corrected chi connectivity index (χ4v) is 3.30. The molecule has 1 fully saturated rings. The van der Waals surface area contributed by atoms with Gasteiger partial charge in [0, 0.05) is 11.6 Å². The van der Waals surface area contributed by atoms with Gasteiger partial charge >= 0.3 is 5.97 Å². The quantitative estimate of drug-likeness (QED) is 0.869. The summed E-state index contributed by atoms with van der Waals surface area (Å²) in [4.78, 5) is 24.7. The molecule has 0 radical (unpaired) electrons. The molecule has 2 atom stereocenters. The molecule has 0 heterocycles. The van der Waals surface area contributed by atoms with Gasteiger partial charge in [0.25, 0.3) is 0 Å². The van der Waals surface area contributed by atoms with Crippen molar-refractivity contribution >= 4 is 17.6 Å². The molecule has 114 valence electrons. The van der Waals surface area contributed by atoms with Gasteiger partial charge in [0.1, 0.15) is 0 Å². The van der Waals surface area contributed by atoms with Gasteiger partial charge in [-0.2, -0.15) is 0 Å². The second kappa shape index (κ2) is 5.51. The zero-order valence-electron chi connectivity index (χ0n) is 13.1. The van der Waals surface area contributed by atoms with Crippen LogP contribution in [0.2, 0.25) is 0 Å². The number of carbonyl (C=O) groups is 2. The van der Waals surface area contributed by atoms with Gasteiger partial charge in [-0.15, -0.1) is 0 Å². The van der Waals surface area contributed by atoms with E-state index in [0.717, 1.165) is 5.69 Å². The molecule has 1 N–H and O–H groups in total. The van der Waals surface area contributed by atoms with E-state index in [1.807, 2.05) is 51.1 Å². The highest BCUT2D eigenvalue weighted by atomic mass is 16.5. The van der Waals surface area contributed by atoms with Gasteiger partial charge in [-0.3, -0.25) is 9.59 Å². The lowest BCUT2D eigenvalue weighted by atomic mass is 9.65. The number of carbonyl (C=O) groups excluding carboxylic acids is 2. The number of anilines is 1. The molecule has 1 aliphatic rings. The monoisotopic (exact) mass is 289 g/mol. The van der Waals surface area contributed by atoms with Crippen LogP contribution in [0.5, 0.6) is 0 Å². The molecule has 0 aromatic heterocycles. The first-order chi connectivity index (χ1) is 9.83. The van der Waals surface area contributed by atoms with Crippen molar-refractivity contribution < 1.29 is 14.3 Å². The number of esters is 1. The average Bonchev–Trinajstić information content (AvgIpc) is 2.70. The van der Waals surface area contributed by atoms with Crippen LogP contribution in [0, 0.1) is 16.7 Å². The van der Waals surface area contributed by atoms with E-state index >= 15 is 0 Å². The van der Waals surface area contributed by atoms with Crippen molar-refractivity contribution in [3.63, 3.8) is 0 Å². The molecule has 0 bridgehead atoms. The van der Waals surface area contributed by atoms with Crippen molar-refractivity contribution in [1.82, 2.24) is 0 Å². The highest BCUT2D eigenvalue weighted by Gasteiger charge is 2.58. The largest absolute Gasteiger partial charge is 0.469 e. The third kappa shape index (κ3) is 2.55. The Hall–Kier alpha value is -1.84. The standard InChI is InChI=1S/C17H23NO3/c1-16(2)13(10-11-17(16,3)15(20)21-4)14(19)18-12-8-6-5-7-9-12/h5-9,13H,10-11H2,1-4H3,(H,18,19)/t13-,17-/m1/s1. The Kier molecular flexibility index (Phi) is 4.08. The van der Waals surface area contributed by atoms with E-state index in [0.29, 0.717) is 12.8 Å². The van der Waals surface area contributed by atoms with Crippen LogP contribution < -0.4 is 5.32 Å². The molecule has 0 unspecified atom stereocenters. The van der Waals surface area contributed by atoms with Crippen LogP contribution in [0.3, 0.4) is 0 Å². The highest BCUT2D eigenvalue weighted by molar-refractivity contribution is 5.94. The fourth-order valence-electron chi connectivity index (χ4n) is 3.30. The summed E-state index contributed by atoms with van der Waals surface area (Å²) in [5.41, 5.74) is -0.288. The lowest BCUT2D eigenvalue weighted by Gasteiger charge is -2.38. The summed E-state index contributed by atoms with van der Waals surface area (Å²) < 4.78 is 4.95. The van der Waals surface area contributed by atoms with Crippen molar-refractivity contribution in [2.24, 2.45) is 16.7 Å². The van der Waals surface area contributed by atoms with Gasteiger partial charge in [-0.25, -0.2) is 0 Å². The first-order valence-corrected chi connectivity index (χ1v) is 7.27. The summed E-state index contributed by atoms with van der Waals surface area (Å²) in [6.07, 6.45) is 1.36. The SMILES string of the molecule is COC(=O)[C@@]1(C)CC[C@H](C(=O)Nc2ccccc2)C1(C)C. The van der Waals surface area contributed by atoms with Gasteiger partial charge in [0.15, 0.2) is 0 Å². The molecule has 1 aromatic rings. The molecule has 1 aromatic carbocycles. The number of amides is 1. The Labute approximate surface area is 125 Å². The Morgan fingerprint density at radius 3 is 2.38 bits per heavy atom. The van der Waals surface area contributed by atoms with Crippen LogP contribution >= 0.6 is 0 Å². The van der Waals surface area contributed by atoms with Crippen LogP contribution in [0.1, 0.15) is 33.6 Å². The van der Waals surface area contributed by atoms with E-state index in [1.165, 1.54) is 7.11 Å². The first-order valence-electron chi connectivity index (χ1n) is 7.27. The second-order valence-electron chi connectivity index (χ2n) is 6.49. The maximum absolute atomic E-state index is 12.6. The zero-order valence-corrected chi connectivity index (χ0v) is 13.1. The fraction of sp³-hybridized carbons (Fsp3) is 0.529. The molecular weight excluding hydrogens is 266 g/mol. The third-order valence-electron chi connectivity index (χ3n) is 5.22. The van der Waals surface area contributed by atoms with E-state index in [2.05, 4.69) is 5.32 Å². The number of hydrogen-bond donors (Lipinski definition) is 1. The van der Waals surface area contributed by atoms with E-state index < -0.39 is 10.8 Å². The smallest absolute Gasteiger partial charge is 0.312 e. The number of hydrogen-bond acceptors (Lipinski definition) is 3. The van der Waals surface area contributed by atoms with Gasteiger partial charge in [-0.1, -0.05) is 32.0 Å². The summed E-state index contributed by atoms with van der Waals surface area (Å²) in [5.74, 6) is -0.469. The Bertz CT molecular complexity index is 538. The molecule has 1 saturated carbocycles. The highest BCUT2D eigenvalue weighted by Crippen LogP contribution is 2.56. The molecule has 1 aliphatic carbocycles. The van der Waals surface area contributed by atoms with Crippen molar-refractivity contribution in [3.8, 4) is 0 Å². The number of rotatable bonds is 3. The summed E-state index contributed by atoms with van der Waals surface area (Å²) in [7, 11) is 1.40. The minimum atomic E-state index is -0.625. The summed E-state index contributed by atoms with van der Waals surface area (Å²) in [6.45, 7) is 5.85. The molecule has 4 nitrogen and oxygen atoms in total. The van der Waals surface area contributed by atoms with Gasteiger partial charge in [-0.05, 0) is 37.3 Å². The predicted octanol–water partition coefficient (Wildman–Crippen LogP) is 3.24. The van der Waals surface area contributed by atoms with E-state index in [4.69, 9.17) is 4.74 Å². The molecule has 0 saturated heterocycles. The first kappa shape index (κ1) is 15.5. The van der Waals surface area contributed by atoms with E-state index in [1.54, 1.807) is 0 Å². The van der Waals surface area contributed by atoms with E-state index in [-0.39, 0.29) is 17.8 Å². The normalized spacial score (nSPS) is 27.1. The van der Waals surface area contributed by atoms with Crippen molar-refractivity contribution in [3.05, 3.63) is 30.3 Å². The topological polar surface area (TPSA) is 55.4 Å². The van der Waals surface area contributed by atoms with Crippen LogP contribution in [-0.2, 0) is 14.3 Å². The summed E-state index contributed by atoms with van der Waals surface area (Å²) in [5, 5.41) is 2.94. The minimum Gasteiger partial charge on any atom is -0.469 e. The Balaban J connectivity index is 2.18. The number of ether oxygens (including phenoxy) is 1. The molecule has 2 rings (SSSR count). The maximum Gasteiger partial charge on any atom is 0.312 e. The van der Waals surface area contributed by atoms with Crippen LogP contribution in [0.15, 0.2) is 30.3 Å². The van der Waals surface area contributed by atoms with Crippen molar-refractivity contribution in [2.75, 3.05) is 12.4 Å². The lowest BCUT2D eigenvalue weighted by Crippen LogP contribution is -2.44. The molecule has 0 spiro atoms. The third-order valence-corrected chi connectivity index (χ3v) is 5.22. The average molecular weight is 289 g/mol. The molecule has 21 heavy (non-hydrogen) atoms. The summed E-state index contributed by atoms with van der Waals surface area (Å²) in [6, 6.07) is 9.39. The number of benzene rings is 1. The van der Waals surface area contributed by atoms with Crippen molar-refractivity contribution in [2.45, 2.75) is 33.6 Å².